The molecule has 0 bridgehead atoms. The second-order valence-corrected chi connectivity index (χ2v) is 5.11. The van der Waals surface area contributed by atoms with E-state index in [-0.39, 0.29) is 34.6 Å². The third kappa shape index (κ3) is 2.23. The molecule has 0 aliphatic carbocycles. The standard InChI is InChI=1S/C12H10ClN5O5/c1-16-8-7(9(19)17(2)12(16)22)18(11(13)15-8)3-6-14-5(4-23-6)10(20)21/h4H,3H2,1-2H3,(H,20,21). The highest BCUT2D eigenvalue weighted by atomic mass is 35.5. The number of carboxylic acids is 1. The van der Waals surface area contributed by atoms with Crippen LogP contribution < -0.4 is 11.2 Å². The number of rotatable bonds is 3. The van der Waals surface area contributed by atoms with E-state index >= 15 is 0 Å². The van der Waals surface area contributed by atoms with Crippen molar-refractivity contribution in [1.29, 1.82) is 0 Å². The van der Waals surface area contributed by atoms with Crippen LogP contribution in [0, 0.1) is 0 Å². The Hall–Kier alpha value is -2.88. The zero-order valence-electron chi connectivity index (χ0n) is 12.0. The summed E-state index contributed by atoms with van der Waals surface area (Å²) in [5.41, 5.74) is -1.16. The highest BCUT2D eigenvalue weighted by Crippen LogP contribution is 2.17. The summed E-state index contributed by atoms with van der Waals surface area (Å²) in [6.07, 6.45) is 0.985. The molecule has 0 amide bonds. The number of carboxylic acid groups (broad SMARTS) is 1. The number of nitrogens with zero attached hydrogens (tertiary/aromatic N) is 5. The fourth-order valence-corrected chi connectivity index (χ4v) is 2.41. The van der Waals surface area contributed by atoms with E-state index in [1.807, 2.05) is 0 Å². The van der Waals surface area contributed by atoms with Crippen LogP contribution >= 0.6 is 11.6 Å². The Balaban J connectivity index is 2.21. The van der Waals surface area contributed by atoms with E-state index in [1.54, 1.807) is 0 Å². The predicted molar refractivity (Wildman–Crippen MR) is 77.8 cm³/mol. The summed E-state index contributed by atoms with van der Waals surface area (Å²) < 4.78 is 8.47. The molecule has 3 heterocycles. The van der Waals surface area contributed by atoms with Gasteiger partial charge in [-0.1, -0.05) is 0 Å². The number of carbonyl (C=O) groups is 1. The molecule has 0 saturated carbocycles. The summed E-state index contributed by atoms with van der Waals surface area (Å²) in [6, 6.07) is 0. The molecular weight excluding hydrogens is 330 g/mol. The maximum atomic E-state index is 12.3. The normalized spacial score (nSPS) is 11.3. The second-order valence-electron chi connectivity index (χ2n) is 4.78. The van der Waals surface area contributed by atoms with Crippen LogP contribution in [0.3, 0.4) is 0 Å². The molecule has 0 aliphatic rings. The van der Waals surface area contributed by atoms with Gasteiger partial charge in [0.15, 0.2) is 16.9 Å². The van der Waals surface area contributed by atoms with Gasteiger partial charge in [-0.3, -0.25) is 18.5 Å². The minimum atomic E-state index is -1.24. The van der Waals surface area contributed by atoms with Crippen molar-refractivity contribution >= 4 is 28.7 Å². The molecule has 3 aromatic heterocycles. The molecule has 23 heavy (non-hydrogen) atoms. The number of fused-ring (bicyclic) bond motifs is 1. The van der Waals surface area contributed by atoms with Crippen LogP contribution in [0.2, 0.25) is 5.28 Å². The molecule has 11 heteroatoms. The minimum absolute atomic E-state index is 0.0412. The summed E-state index contributed by atoms with van der Waals surface area (Å²) in [6.45, 7) is -0.101. The number of aromatic carboxylic acids is 1. The molecule has 0 spiro atoms. The van der Waals surface area contributed by atoms with Crippen LogP contribution in [-0.2, 0) is 20.6 Å². The Morgan fingerprint density at radius 3 is 2.61 bits per heavy atom. The van der Waals surface area contributed by atoms with Gasteiger partial charge in [0.25, 0.3) is 5.56 Å². The van der Waals surface area contributed by atoms with E-state index in [4.69, 9.17) is 21.1 Å². The SMILES string of the molecule is Cn1c(=O)c2c(nc(Cl)n2Cc2nc(C(=O)O)co2)n(C)c1=O. The van der Waals surface area contributed by atoms with Crippen molar-refractivity contribution in [2.75, 3.05) is 0 Å². The molecule has 120 valence electrons. The first-order valence-electron chi connectivity index (χ1n) is 6.30. The Kier molecular flexibility index (Phi) is 3.33. The van der Waals surface area contributed by atoms with Crippen molar-refractivity contribution in [3.05, 3.63) is 44.0 Å². The number of oxazole rings is 1. The maximum Gasteiger partial charge on any atom is 0.357 e. The van der Waals surface area contributed by atoms with Crippen molar-refractivity contribution in [3.63, 3.8) is 0 Å². The van der Waals surface area contributed by atoms with E-state index in [9.17, 15) is 14.4 Å². The zero-order chi connectivity index (χ0) is 16.9. The average molecular weight is 340 g/mol. The van der Waals surface area contributed by atoms with Gasteiger partial charge in [0, 0.05) is 14.1 Å². The highest BCUT2D eigenvalue weighted by Gasteiger charge is 2.20. The molecule has 0 aromatic carbocycles. The summed E-state index contributed by atoms with van der Waals surface area (Å²) in [5.74, 6) is -1.19. The summed E-state index contributed by atoms with van der Waals surface area (Å²) in [7, 11) is 2.80. The quantitative estimate of drug-likeness (QED) is 0.656. The van der Waals surface area contributed by atoms with E-state index < -0.39 is 17.2 Å². The Labute approximate surface area is 132 Å². The smallest absolute Gasteiger partial charge is 0.357 e. The van der Waals surface area contributed by atoms with Gasteiger partial charge in [0.2, 0.25) is 11.2 Å². The van der Waals surface area contributed by atoms with Crippen molar-refractivity contribution in [1.82, 2.24) is 23.7 Å². The first kappa shape index (κ1) is 15.0. The Morgan fingerprint density at radius 2 is 2.00 bits per heavy atom. The first-order chi connectivity index (χ1) is 10.8. The monoisotopic (exact) mass is 339 g/mol. The topological polar surface area (TPSA) is 125 Å². The lowest BCUT2D eigenvalue weighted by Crippen LogP contribution is -2.37. The Bertz CT molecular complexity index is 1060. The number of hydrogen-bond donors (Lipinski definition) is 1. The molecule has 0 saturated heterocycles. The lowest BCUT2D eigenvalue weighted by atomic mass is 10.4. The Morgan fingerprint density at radius 1 is 1.30 bits per heavy atom. The van der Waals surface area contributed by atoms with Crippen molar-refractivity contribution in [3.8, 4) is 0 Å². The molecule has 3 rings (SSSR count). The molecule has 0 aliphatic heterocycles. The van der Waals surface area contributed by atoms with Crippen LogP contribution in [0.15, 0.2) is 20.3 Å². The van der Waals surface area contributed by atoms with E-state index in [1.165, 1.54) is 23.2 Å². The zero-order valence-corrected chi connectivity index (χ0v) is 12.7. The van der Waals surface area contributed by atoms with E-state index in [0.717, 1.165) is 10.8 Å². The number of halogens is 1. The van der Waals surface area contributed by atoms with E-state index in [2.05, 4.69) is 9.97 Å². The van der Waals surface area contributed by atoms with Gasteiger partial charge in [-0.25, -0.2) is 14.6 Å². The highest BCUT2D eigenvalue weighted by molar-refractivity contribution is 6.29. The summed E-state index contributed by atoms with van der Waals surface area (Å²) in [5, 5.41) is 8.79. The van der Waals surface area contributed by atoms with Crippen molar-refractivity contribution < 1.29 is 14.3 Å². The molecule has 0 fully saturated rings. The third-order valence-electron chi connectivity index (χ3n) is 3.37. The van der Waals surface area contributed by atoms with Crippen LogP contribution in [0.25, 0.3) is 11.2 Å². The molecule has 1 N–H and O–H groups in total. The van der Waals surface area contributed by atoms with Gasteiger partial charge in [0.1, 0.15) is 12.8 Å². The third-order valence-corrected chi connectivity index (χ3v) is 3.65. The lowest BCUT2D eigenvalue weighted by molar-refractivity contribution is 0.0690. The number of aromatic nitrogens is 5. The first-order valence-corrected chi connectivity index (χ1v) is 6.68. The van der Waals surface area contributed by atoms with Gasteiger partial charge in [0.05, 0.1) is 0 Å². The van der Waals surface area contributed by atoms with Gasteiger partial charge in [-0.2, -0.15) is 4.98 Å². The molecule has 3 aromatic rings. The fourth-order valence-electron chi connectivity index (χ4n) is 2.18. The van der Waals surface area contributed by atoms with Gasteiger partial charge in [-0.05, 0) is 11.6 Å². The molecule has 0 unspecified atom stereocenters. The van der Waals surface area contributed by atoms with E-state index in [0.29, 0.717) is 0 Å². The van der Waals surface area contributed by atoms with Crippen molar-refractivity contribution in [2.24, 2.45) is 14.1 Å². The van der Waals surface area contributed by atoms with Gasteiger partial charge in [-0.15, -0.1) is 0 Å². The molecule has 10 nitrogen and oxygen atoms in total. The maximum absolute atomic E-state index is 12.3. The summed E-state index contributed by atoms with van der Waals surface area (Å²) in [4.78, 5) is 42.8. The van der Waals surface area contributed by atoms with Gasteiger partial charge < -0.3 is 9.52 Å². The number of aryl methyl sites for hydroxylation is 1. The number of imidazole rings is 1. The van der Waals surface area contributed by atoms with Crippen LogP contribution in [0.5, 0.6) is 0 Å². The van der Waals surface area contributed by atoms with Crippen LogP contribution in [-0.4, -0.2) is 34.7 Å². The number of hydrogen-bond acceptors (Lipinski definition) is 6. The van der Waals surface area contributed by atoms with Gasteiger partial charge >= 0.3 is 11.7 Å². The average Bonchev–Trinajstić information content (AvgIpc) is 3.09. The largest absolute Gasteiger partial charge is 0.476 e. The lowest BCUT2D eigenvalue weighted by Gasteiger charge is -2.05. The molecular formula is C12H10ClN5O5. The van der Waals surface area contributed by atoms with Crippen molar-refractivity contribution in [2.45, 2.75) is 6.54 Å². The van der Waals surface area contributed by atoms with Crippen LogP contribution in [0.1, 0.15) is 16.4 Å². The van der Waals surface area contributed by atoms with Crippen LogP contribution in [0.4, 0.5) is 0 Å². The predicted octanol–water partition coefficient (Wildman–Crippen LogP) is -0.178. The second kappa shape index (κ2) is 5.09. The molecule has 0 atom stereocenters. The fraction of sp³-hybridized carbons (Fsp3) is 0.250. The summed E-state index contributed by atoms with van der Waals surface area (Å²) >= 11 is 6.04. The minimum Gasteiger partial charge on any atom is -0.476 e. The molecule has 0 radical (unpaired) electrons.